The Morgan fingerprint density at radius 3 is 2.44 bits per heavy atom. The van der Waals surface area contributed by atoms with Gasteiger partial charge in [-0.1, -0.05) is 73.7 Å². The molecule has 420 valence electrons. The highest BCUT2D eigenvalue weighted by molar-refractivity contribution is 6.05. The maximum Gasteiger partial charge on any atom is 0.434 e. The second kappa shape index (κ2) is 22.4. The molecule has 2 saturated heterocycles. The molecule has 3 aliphatic heterocycles. The van der Waals surface area contributed by atoms with Gasteiger partial charge in [-0.15, -0.1) is 5.10 Å². The molecule has 7 heterocycles. The maximum atomic E-state index is 15.9. The Kier molecular flexibility index (Phi) is 15.1. The molecule has 11 rings (SSSR count). The summed E-state index contributed by atoms with van der Waals surface area (Å²) >= 11 is 0. The van der Waals surface area contributed by atoms with Crippen molar-refractivity contribution in [2.45, 2.75) is 103 Å². The standard InChI is InChI=1S/C59H60F4N12O6/c1-31(2)53(57(78)73-20-8-10-48(73)56(77)67-47(28-76)37-15-17-38(18-16-37)51-32(3)9-7-19-64-51)75-27-46(71-72-75)36-13-11-35(12-14-36)30-80-54-50(49-34(5)44(60)23-45-42(49)25-66-70-45)43(59(61,62)63)22-41-52(54)68-58(81-29-33(4)79-6)69-55(41)74-26-39-21-40(74)24-65-39/h7,9,11-19,22-23,25-27,31,33,39-40,47-48,53,65,76H,8,10,20-21,24,28-30H2,1-6H3,(H-,66,67,68,69,70,77)/p+1/t33-,39-,40-,47-,48-,53-/m0/s1. The molecule has 2 amide bonds. The van der Waals surface area contributed by atoms with E-state index in [1.807, 2.05) is 68.0 Å². The van der Waals surface area contributed by atoms with Gasteiger partial charge in [0.25, 0.3) is 0 Å². The summed E-state index contributed by atoms with van der Waals surface area (Å²) in [5, 5.41) is 32.7. The number of nitrogens with one attached hydrogen (secondary N) is 3. The fraction of sp³-hybridized carbons (Fsp3) is 0.373. The Bertz CT molecular complexity index is 3700. The van der Waals surface area contributed by atoms with Crippen molar-refractivity contribution in [1.82, 2.24) is 55.7 Å². The Balaban J connectivity index is 0.876. The summed E-state index contributed by atoms with van der Waals surface area (Å²) in [6, 6.07) is 18.0. The number of halogens is 4. The first kappa shape index (κ1) is 54.7. The first-order valence-electron chi connectivity index (χ1n) is 27.0. The zero-order chi connectivity index (χ0) is 56.9. The lowest BCUT2D eigenvalue weighted by atomic mass is 9.90. The quantitative estimate of drug-likeness (QED) is 0.0468. The molecule has 0 unspecified atom stereocenters. The van der Waals surface area contributed by atoms with Crippen molar-refractivity contribution in [3.63, 3.8) is 0 Å². The second-order valence-corrected chi connectivity index (χ2v) is 21.3. The molecule has 6 atom stereocenters. The number of fused-ring (bicyclic) bond motifs is 4. The van der Waals surface area contributed by atoms with Gasteiger partial charge in [0.15, 0.2) is 5.75 Å². The molecule has 0 aliphatic carbocycles. The van der Waals surface area contributed by atoms with E-state index in [4.69, 9.17) is 24.2 Å². The number of aliphatic hydroxyl groups excluding tert-OH is 1. The highest BCUT2D eigenvalue weighted by Gasteiger charge is 2.44. The lowest BCUT2D eigenvalue weighted by molar-refractivity contribution is -0.471. The molecule has 22 heteroatoms. The molecule has 18 nitrogen and oxygen atoms in total. The average Bonchev–Trinajstić information content (AvgIpc) is 3.83. The van der Waals surface area contributed by atoms with Gasteiger partial charge in [-0.05, 0) is 80.0 Å². The predicted molar refractivity (Wildman–Crippen MR) is 293 cm³/mol. The van der Waals surface area contributed by atoms with Crippen LogP contribution < -0.4 is 20.1 Å². The SMILES string of the molecule is CO[C@@H](C)COc1nc([N+]2=C[C@@H]3C[C@H]2CN3)c2cc(C(F)(F)F)c(-c3c(C)c(F)cc4[nH]ncc34)c(OCc3ccc(-c4cn([C@H](C(=O)N5CCC[C@H]5C(=O)N[C@@H](CO)c5ccc(-c6ncccc6C)cc5)C(C)C)nn4)cc3)c2n1. The van der Waals surface area contributed by atoms with Gasteiger partial charge >= 0.3 is 18.0 Å². The van der Waals surface area contributed by atoms with E-state index in [9.17, 15) is 14.7 Å². The fourth-order valence-corrected chi connectivity index (χ4v) is 11.3. The van der Waals surface area contributed by atoms with Gasteiger partial charge in [-0.25, -0.2) is 13.6 Å². The van der Waals surface area contributed by atoms with Gasteiger partial charge in [-0.2, -0.15) is 23.3 Å². The summed E-state index contributed by atoms with van der Waals surface area (Å²) < 4.78 is 84.9. The third-order valence-electron chi connectivity index (χ3n) is 15.6. The number of hydrogen-bond donors (Lipinski definition) is 4. The highest BCUT2D eigenvalue weighted by atomic mass is 19.4. The summed E-state index contributed by atoms with van der Waals surface area (Å²) in [6.07, 6.45) is 3.07. The van der Waals surface area contributed by atoms with Crippen LogP contribution in [0, 0.1) is 25.6 Å². The Hall–Kier alpha value is -8.21. The van der Waals surface area contributed by atoms with Crippen molar-refractivity contribution in [3.8, 4) is 45.4 Å². The lowest BCUT2D eigenvalue weighted by Crippen LogP contribution is -2.50. The van der Waals surface area contributed by atoms with E-state index in [2.05, 4.69) is 36.1 Å². The van der Waals surface area contributed by atoms with E-state index < -0.39 is 41.2 Å². The van der Waals surface area contributed by atoms with Crippen LogP contribution in [0.4, 0.5) is 23.4 Å². The Morgan fingerprint density at radius 1 is 0.975 bits per heavy atom. The van der Waals surface area contributed by atoms with Crippen LogP contribution in [0.15, 0.2) is 91.4 Å². The second-order valence-electron chi connectivity index (χ2n) is 21.3. The number of H-pyrrole nitrogens is 1. The molecule has 0 saturated carbocycles. The van der Waals surface area contributed by atoms with Crippen molar-refractivity contribution in [1.29, 1.82) is 0 Å². The molecule has 0 radical (unpaired) electrons. The third-order valence-corrected chi connectivity index (χ3v) is 15.6. The van der Waals surface area contributed by atoms with Crippen molar-refractivity contribution in [2.24, 2.45) is 5.92 Å². The third kappa shape index (κ3) is 10.7. The first-order valence-corrected chi connectivity index (χ1v) is 27.0. The molecule has 81 heavy (non-hydrogen) atoms. The summed E-state index contributed by atoms with van der Waals surface area (Å²) in [6.45, 7) is 9.33. The van der Waals surface area contributed by atoms with Gasteiger partial charge in [-0.3, -0.25) is 19.7 Å². The van der Waals surface area contributed by atoms with Gasteiger partial charge in [0, 0.05) is 65.4 Å². The van der Waals surface area contributed by atoms with E-state index >= 15 is 17.6 Å². The van der Waals surface area contributed by atoms with E-state index in [0.717, 1.165) is 29.3 Å². The number of benzene rings is 4. The van der Waals surface area contributed by atoms with E-state index in [1.54, 1.807) is 48.5 Å². The first-order chi connectivity index (χ1) is 39.0. The molecular formula is C59H61F4N12O6+. The summed E-state index contributed by atoms with van der Waals surface area (Å²) in [4.78, 5) is 44.1. The van der Waals surface area contributed by atoms with Crippen molar-refractivity contribution >= 4 is 45.7 Å². The number of amides is 2. The molecule has 4 aromatic heterocycles. The highest BCUT2D eigenvalue weighted by Crippen LogP contribution is 2.51. The summed E-state index contributed by atoms with van der Waals surface area (Å²) in [5.74, 6) is -1.75. The van der Waals surface area contributed by atoms with Crippen molar-refractivity contribution in [3.05, 3.63) is 125 Å². The monoisotopic (exact) mass is 1110 g/mol. The number of rotatable bonds is 18. The van der Waals surface area contributed by atoms with Crippen LogP contribution in [0.3, 0.4) is 0 Å². The minimum Gasteiger partial charge on any atom is -0.486 e. The molecule has 4 N–H and O–H groups in total. The van der Waals surface area contributed by atoms with Gasteiger partial charge in [0.05, 0.1) is 65.6 Å². The molecule has 8 aromatic rings. The zero-order valence-corrected chi connectivity index (χ0v) is 45.5. The molecular weight excluding hydrogens is 1050 g/mol. The van der Waals surface area contributed by atoms with Crippen LogP contribution in [0.1, 0.15) is 79.9 Å². The van der Waals surface area contributed by atoms with Crippen molar-refractivity contribution < 1.29 is 51.0 Å². The normalized spacial score (nSPS) is 18.2. The van der Waals surface area contributed by atoms with Gasteiger partial charge in [0.1, 0.15) is 48.4 Å². The summed E-state index contributed by atoms with van der Waals surface area (Å²) in [5.41, 5.74) is 3.65. The lowest BCUT2D eigenvalue weighted by Gasteiger charge is -2.30. The number of carbonyl (C=O) groups excluding carboxylic acids is 2. The minimum atomic E-state index is -4.98. The number of likely N-dealkylation sites (tertiary alicyclic amines) is 1. The van der Waals surface area contributed by atoms with Crippen LogP contribution >= 0.6 is 0 Å². The van der Waals surface area contributed by atoms with Gasteiger partial charge < -0.3 is 34.9 Å². The molecule has 4 aromatic carbocycles. The van der Waals surface area contributed by atoms with Crippen LogP contribution in [-0.2, 0) is 27.1 Å². The number of methoxy groups -OCH3 is 1. The van der Waals surface area contributed by atoms with Gasteiger partial charge in [0.2, 0.25) is 11.8 Å². The fourth-order valence-electron chi connectivity index (χ4n) is 11.3. The molecule has 2 bridgehead atoms. The average molecular weight is 1110 g/mol. The smallest absolute Gasteiger partial charge is 0.434 e. The maximum absolute atomic E-state index is 15.9. The number of aromatic nitrogens is 8. The number of alkyl halides is 3. The largest absolute Gasteiger partial charge is 0.486 e. The number of aromatic amines is 1. The number of aliphatic hydroxyl groups is 1. The topological polar surface area (TPSA) is 210 Å². The van der Waals surface area contributed by atoms with Crippen LogP contribution in [0.5, 0.6) is 11.8 Å². The number of hydrogen-bond acceptors (Lipinski definition) is 13. The van der Waals surface area contributed by atoms with E-state index in [-0.39, 0.29) is 106 Å². The predicted octanol–water partition coefficient (Wildman–Crippen LogP) is 8.76. The molecule has 2 fully saturated rings. The van der Waals surface area contributed by atoms with E-state index in [0.29, 0.717) is 48.3 Å². The van der Waals surface area contributed by atoms with Crippen LogP contribution in [0.25, 0.3) is 55.4 Å². The minimum absolute atomic E-state index is 0.0138. The number of nitrogens with zero attached hydrogens (tertiary/aromatic N) is 9. The van der Waals surface area contributed by atoms with E-state index in [1.165, 1.54) is 31.0 Å². The Labute approximate surface area is 463 Å². The van der Waals surface area contributed by atoms with Crippen LogP contribution in [0.2, 0.25) is 0 Å². The zero-order valence-electron chi connectivity index (χ0n) is 45.5. The number of aryl methyl sites for hydroxylation is 1. The molecule has 0 spiro atoms. The number of carbonyl (C=O) groups is 2. The number of pyridine rings is 1. The van der Waals surface area contributed by atoms with Crippen molar-refractivity contribution in [2.75, 3.05) is 33.4 Å². The molecule has 3 aliphatic rings. The number of ether oxygens (including phenoxy) is 3. The Morgan fingerprint density at radius 2 is 1.75 bits per heavy atom. The summed E-state index contributed by atoms with van der Waals surface area (Å²) in [7, 11) is 1.53. The van der Waals surface area contributed by atoms with Crippen LogP contribution in [-0.4, -0.2) is 130 Å².